The van der Waals surface area contributed by atoms with Crippen molar-refractivity contribution in [3.63, 3.8) is 0 Å². The van der Waals surface area contributed by atoms with E-state index in [0.717, 1.165) is 143 Å². The first kappa shape index (κ1) is 58.6. The molecule has 0 radical (unpaired) electrons. The molecule has 5 N–H and O–H groups in total. The Morgan fingerprint density at radius 1 is 0.286 bits per heavy atom. The highest BCUT2D eigenvalue weighted by atomic mass is 14.9. The molecule has 11 heteroatoms. The van der Waals surface area contributed by atoms with Gasteiger partial charge in [0.1, 0.15) is 33.1 Å². The van der Waals surface area contributed by atoms with Gasteiger partial charge in [0.05, 0.1) is 44.9 Å². The molecule has 15 aromatic rings. The number of hydrogen-bond acceptors (Lipinski definition) is 6. The van der Waals surface area contributed by atoms with Crippen LogP contribution in [0.4, 0.5) is 0 Å². The van der Waals surface area contributed by atoms with E-state index in [2.05, 4.69) is 228 Å². The van der Waals surface area contributed by atoms with Gasteiger partial charge in [-0.25, -0.2) is 29.9 Å². The molecule has 0 amide bonds. The summed E-state index contributed by atoms with van der Waals surface area (Å²) in [6.45, 7) is 6.73. The second-order valence-electron chi connectivity index (χ2n) is 28.3. The molecule has 0 saturated heterocycles. The zero-order chi connectivity index (χ0) is 65.1. The van der Waals surface area contributed by atoms with Gasteiger partial charge in [0.25, 0.3) is 0 Å². The molecular weight excluding hydrogens is 1200 g/mol. The summed E-state index contributed by atoms with van der Waals surface area (Å²) in [5.74, 6) is -0.379. The van der Waals surface area contributed by atoms with Crippen LogP contribution in [0.3, 0.4) is 0 Å². The zero-order valence-corrected chi connectivity index (χ0v) is 55.8. The van der Waals surface area contributed by atoms with Crippen LogP contribution in [0.15, 0.2) is 188 Å². The molecule has 8 aromatic heterocycles. The molecule has 0 spiro atoms. The minimum absolute atomic E-state index is 0.0568. The average molecular weight is 1280 g/mol. The van der Waals surface area contributed by atoms with Crippen LogP contribution in [0.25, 0.3) is 128 Å². The van der Waals surface area contributed by atoms with Gasteiger partial charge >= 0.3 is 0 Å². The van der Waals surface area contributed by atoms with Crippen LogP contribution in [0.2, 0.25) is 0 Å². The summed E-state index contributed by atoms with van der Waals surface area (Å²) in [5, 5.41) is 0. The van der Waals surface area contributed by atoms with Crippen LogP contribution in [0.5, 0.6) is 0 Å². The number of hydrogen-bond donors (Lipinski definition) is 5. The molecule has 3 atom stereocenters. The summed E-state index contributed by atoms with van der Waals surface area (Å²) in [6, 6.07) is 63.7. The van der Waals surface area contributed by atoms with Crippen LogP contribution in [-0.4, -0.2) is 54.8 Å². The van der Waals surface area contributed by atoms with Crippen molar-refractivity contribution in [3.05, 3.63) is 255 Å². The number of H-pyrrole nitrogens is 5. The van der Waals surface area contributed by atoms with E-state index in [0.29, 0.717) is 33.1 Å². The number of nitrogens with one attached hydrogen (secondary N) is 5. The maximum absolute atomic E-state index is 5.98. The Morgan fingerprint density at radius 3 is 0.939 bits per heavy atom. The molecule has 11 heterocycles. The third kappa shape index (κ3) is 9.81. The van der Waals surface area contributed by atoms with Crippen LogP contribution < -0.4 is 0 Å². The Kier molecular flexibility index (Phi) is 14.2. The minimum atomic E-state index is -0.163. The Hall–Kier alpha value is -10.8. The molecule has 3 aliphatic heterocycles. The SMILES string of the molecule is CCCCCCCCc1ccc(C2c3ccc([nH]3)-c3ccc4c5nc6c(nc35)c3nc5c(ccc7c5nc3c3nc5c(ccc(c5nc63)-c3ccc([nH]3)C(c3ccc(C)cc3)C3=CC=C4C3)-c3ccc([nH]3)C(c3ccc(CCCCCCCC)cc3)c3ccc-7[nH]3)-c3ccc2[nH]3)cc1. The first-order valence-electron chi connectivity index (χ1n) is 36.0. The molecule has 19 rings (SSSR count). The maximum Gasteiger partial charge on any atom is 0.120 e. The van der Waals surface area contributed by atoms with E-state index in [1.807, 2.05) is 0 Å². The summed E-state index contributed by atoms with van der Waals surface area (Å²) >= 11 is 0. The van der Waals surface area contributed by atoms with Gasteiger partial charge in [0, 0.05) is 96.2 Å². The number of nitrogens with zero attached hydrogens (tertiary/aromatic N) is 6. The van der Waals surface area contributed by atoms with Crippen molar-refractivity contribution in [2.75, 3.05) is 0 Å². The fourth-order valence-corrected chi connectivity index (χ4v) is 16.7. The molecule has 1 aliphatic carbocycles. The Bertz CT molecular complexity index is 5730. The normalized spacial score (nSPS) is 15.8. The Labute approximate surface area is 569 Å². The summed E-state index contributed by atoms with van der Waals surface area (Å²) in [4.78, 5) is 56.0. The lowest BCUT2D eigenvalue weighted by atomic mass is 9.85. The molecule has 4 aliphatic rings. The minimum Gasteiger partial charge on any atom is -0.358 e. The molecule has 98 heavy (non-hydrogen) atoms. The van der Waals surface area contributed by atoms with Gasteiger partial charge in [-0.15, -0.1) is 0 Å². The summed E-state index contributed by atoms with van der Waals surface area (Å²) < 4.78 is 0. The van der Waals surface area contributed by atoms with Crippen molar-refractivity contribution in [1.29, 1.82) is 0 Å². The smallest absolute Gasteiger partial charge is 0.120 e. The third-order valence-electron chi connectivity index (χ3n) is 22.0. The van der Waals surface area contributed by atoms with E-state index in [1.165, 1.54) is 122 Å². The third-order valence-corrected chi connectivity index (χ3v) is 22.0. The zero-order valence-electron chi connectivity index (χ0n) is 55.8. The van der Waals surface area contributed by atoms with Gasteiger partial charge in [-0.1, -0.05) is 180 Å². The molecule has 3 unspecified atom stereocenters. The molecule has 0 saturated carbocycles. The first-order chi connectivity index (χ1) is 48.4. The summed E-state index contributed by atoms with van der Waals surface area (Å²) in [6.07, 6.45) is 22.9. The maximum atomic E-state index is 5.98. The summed E-state index contributed by atoms with van der Waals surface area (Å²) in [7, 11) is 0. The van der Waals surface area contributed by atoms with Crippen molar-refractivity contribution >= 4 is 71.8 Å². The largest absolute Gasteiger partial charge is 0.358 e. The number of allylic oxidation sites excluding steroid dienone is 4. The first-order valence-corrected chi connectivity index (χ1v) is 36.0. The van der Waals surface area contributed by atoms with Gasteiger partial charge in [0.2, 0.25) is 0 Å². The van der Waals surface area contributed by atoms with Gasteiger partial charge < -0.3 is 24.9 Å². The monoisotopic (exact) mass is 1280 g/mol. The topological polar surface area (TPSA) is 156 Å². The standard InChI is InChI=1S/C87H77N11/c1-4-6-8-10-12-14-16-50-20-26-53(27-21-50)74-69-44-39-64(89-69)58-33-32-57-55-30-31-56(48-55)73(52-24-18-49(3)19-25-52)68-43-38-63(88-68)59-34-35-60-65-40-46-71(90-65)75(54-28-22-51(23-29-54)17-15-13-11-9-7-5-2)72-47-42-67(92-72)62-37-36-61(66-41-45-70(74)91-66)80-81(62)98-87-85(96-80)83-82(93-76(57)77(58)94-83)84-86(87)97-79(60)78(59)95-84/h18-47,73-75,88-92H,4-17,48H2,1-3H3. The van der Waals surface area contributed by atoms with Crippen LogP contribution in [-0.2, 0) is 12.8 Å². The van der Waals surface area contributed by atoms with Crippen LogP contribution in [0, 0.1) is 6.92 Å². The predicted molar refractivity (Wildman–Crippen MR) is 400 cm³/mol. The van der Waals surface area contributed by atoms with Crippen LogP contribution >= 0.6 is 0 Å². The lowest BCUT2D eigenvalue weighted by Crippen LogP contribution is -2.05. The molecule has 24 bridgehead atoms. The van der Waals surface area contributed by atoms with Crippen molar-refractivity contribution in [1.82, 2.24) is 54.8 Å². The number of unbranched alkanes of at least 4 members (excludes halogenated alkanes) is 10. The highest BCUT2D eigenvalue weighted by molar-refractivity contribution is 6.23. The number of fused-ring (bicyclic) bond motifs is 18. The molecule has 480 valence electrons. The van der Waals surface area contributed by atoms with Crippen molar-refractivity contribution in [2.24, 2.45) is 0 Å². The number of aromatic nitrogens is 11. The number of aryl methyl sites for hydroxylation is 3. The van der Waals surface area contributed by atoms with Gasteiger partial charge in [-0.2, -0.15) is 0 Å². The number of rotatable bonds is 17. The second-order valence-corrected chi connectivity index (χ2v) is 28.3. The molecular formula is C87H77N11. The Balaban J connectivity index is 0.878. The van der Waals surface area contributed by atoms with Gasteiger partial charge in [-0.05, 0) is 163 Å². The van der Waals surface area contributed by atoms with E-state index in [-0.39, 0.29) is 17.8 Å². The molecule has 7 aromatic carbocycles. The van der Waals surface area contributed by atoms with E-state index in [1.54, 1.807) is 0 Å². The van der Waals surface area contributed by atoms with Crippen molar-refractivity contribution < 1.29 is 0 Å². The quantitative estimate of drug-likeness (QED) is 0.0347. The van der Waals surface area contributed by atoms with E-state index in [4.69, 9.17) is 29.9 Å². The fraction of sp³-hybridized carbons (Fsp3) is 0.241. The predicted octanol–water partition coefficient (Wildman–Crippen LogP) is 21.9. The highest BCUT2D eigenvalue weighted by Crippen LogP contribution is 2.48. The van der Waals surface area contributed by atoms with Crippen molar-refractivity contribution in [2.45, 2.75) is 135 Å². The Morgan fingerprint density at radius 2 is 0.582 bits per heavy atom. The number of aromatic amines is 5. The lowest BCUT2D eigenvalue weighted by molar-refractivity contribution is 0.607. The van der Waals surface area contributed by atoms with E-state index < -0.39 is 0 Å². The average Bonchev–Trinajstić information content (AvgIpc) is 1.17. The van der Waals surface area contributed by atoms with Crippen LogP contribution in [0.1, 0.15) is 182 Å². The number of benzene rings is 7. The van der Waals surface area contributed by atoms with Crippen molar-refractivity contribution in [3.8, 4) is 56.3 Å². The van der Waals surface area contributed by atoms with E-state index >= 15 is 0 Å². The van der Waals surface area contributed by atoms with E-state index in [9.17, 15) is 0 Å². The fourth-order valence-electron chi connectivity index (χ4n) is 16.7. The lowest BCUT2D eigenvalue weighted by Gasteiger charge is -2.20. The van der Waals surface area contributed by atoms with Gasteiger partial charge in [0.15, 0.2) is 0 Å². The summed E-state index contributed by atoms with van der Waals surface area (Å²) in [5.41, 5.74) is 34.1. The molecule has 11 nitrogen and oxygen atoms in total. The molecule has 0 fully saturated rings. The highest BCUT2D eigenvalue weighted by Gasteiger charge is 2.32. The second kappa shape index (κ2) is 23.8. The van der Waals surface area contributed by atoms with Gasteiger partial charge in [-0.3, -0.25) is 0 Å².